The molecule has 0 amide bonds. The minimum absolute atomic E-state index is 0.00717. The average molecular weight is 670 g/mol. The SMILES string of the molecule is O=CCCOC(=O)CN(CC(=O)OCCC=O)c1ccc(-c2nc(C(Cl)(Cl)Cl)nc(C(Cl)(Cl)Cl)n2)cc1Cl. The molecule has 2 aromatic rings. The Bertz CT molecular complexity index is 1110. The second kappa shape index (κ2) is 14.6. The van der Waals surface area contributed by atoms with Gasteiger partial charge in [-0.1, -0.05) is 81.2 Å². The molecule has 10 nitrogen and oxygen atoms in total. The predicted molar refractivity (Wildman–Crippen MR) is 144 cm³/mol. The van der Waals surface area contributed by atoms with Gasteiger partial charge in [-0.2, -0.15) is 0 Å². The first-order chi connectivity index (χ1) is 17.8. The van der Waals surface area contributed by atoms with E-state index in [4.69, 9.17) is 90.7 Å². The number of aromatic nitrogens is 3. The molecule has 38 heavy (non-hydrogen) atoms. The maximum atomic E-state index is 12.3. The lowest BCUT2D eigenvalue weighted by Gasteiger charge is -2.24. The fraction of sp³-hybridized carbons (Fsp3) is 0.381. The summed E-state index contributed by atoms with van der Waals surface area (Å²) in [5.41, 5.74) is 0.515. The average Bonchev–Trinajstić information content (AvgIpc) is 2.82. The van der Waals surface area contributed by atoms with Crippen molar-refractivity contribution in [2.75, 3.05) is 31.2 Å². The lowest BCUT2D eigenvalue weighted by Crippen LogP contribution is -2.36. The van der Waals surface area contributed by atoms with E-state index in [1.54, 1.807) is 0 Å². The van der Waals surface area contributed by atoms with E-state index in [0.717, 1.165) is 0 Å². The number of ether oxygens (including phenoxy) is 2. The Balaban J connectivity index is 2.43. The molecule has 0 spiro atoms. The van der Waals surface area contributed by atoms with Crippen LogP contribution in [0.5, 0.6) is 0 Å². The van der Waals surface area contributed by atoms with E-state index < -0.39 is 32.6 Å². The third-order valence-electron chi connectivity index (χ3n) is 4.33. The number of halogens is 7. The van der Waals surface area contributed by atoms with E-state index in [1.807, 2.05) is 0 Å². The molecule has 0 aliphatic carbocycles. The van der Waals surface area contributed by atoms with Gasteiger partial charge in [0.25, 0.3) is 0 Å². The molecule has 1 aromatic heterocycles. The van der Waals surface area contributed by atoms with Gasteiger partial charge in [0.1, 0.15) is 25.7 Å². The van der Waals surface area contributed by atoms with Crippen LogP contribution in [0.1, 0.15) is 24.5 Å². The number of esters is 2. The van der Waals surface area contributed by atoms with Gasteiger partial charge in [0, 0.05) is 18.4 Å². The highest BCUT2D eigenvalue weighted by Crippen LogP contribution is 2.41. The number of hydrogen-bond acceptors (Lipinski definition) is 10. The number of nitrogens with zero attached hydrogens (tertiary/aromatic N) is 4. The number of aldehydes is 2. The summed E-state index contributed by atoms with van der Waals surface area (Å²) in [6, 6.07) is 4.35. The fourth-order valence-electron chi connectivity index (χ4n) is 2.73. The molecular formula is C21H17Cl7N4O6. The highest BCUT2D eigenvalue weighted by molar-refractivity contribution is 6.67. The molecule has 0 aliphatic heterocycles. The zero-order valence-corrected chi connectivity index (χ0v) is 24.3. The Labute approximate surface area is 251 Å². The van der Waals surface area contributed by atoms with Crippen molar-refractivity contribution in [1.29, 1.82) is 0 Å². The van der Waals surface area contributed by atoms with E-state index in [0.29, 0.717) is 12.6 Å². The van der Waals surface area contributed by atoms with E-state index in [1.165, 1.54) is 23.1 Å². The Kier molecular flexibility index (Phi) is 12.5. The van der Waals surface area contributed by atoms with Gasteiger partial charge in [-0.3, -0.25) is 9.59 Å². The van der Waals surface area contributed by atoms with Crippen LogP contribution in [0.2, 0.25) is 5.02 Å². The second-order valence-corrected chi connectivity index (χ2v) is 12.1. The molecule has 206 valence electrons. The molecule has 0 saturated carbocycles. The van der Waals surface area contributed by atoms with Crippen LogP contribution >= 0.6 is 81.2 Å². The van der Waals surface area contributed by atoms with Gasteiger partial charge in [0.2, 0.25) is 7.59 Å². The van der Waals surface area contributed by atoms with Crippen molar-refractivity contribution in [1.82, 2.24) is 15.0 Å². The second-order valence-electron chi connectivity index (χ2n) is 7.18. The number of benzene rings is 1. The van der Waals surface area contributed by atoms with Crippen molar-refractivity contribution in [3.8, 4) is 11.4 Å². The number of hydrogen-bond donors (Lipinski definition) is 0. The fourth-order valence-corrected chi connectivity index (χ4v) is 3.54. The minimum atomic E-state index is -2.07. The molecule has 2 rings (SSSR count). The van der Waals surface area contributed by atoms with Crippen LogP contribution in [-0.4, -0.2) is 65.8 Å². The molecule has 0 bridgehead atoms. The number of rotatable bonds is 12. The summed E-state index contributed by atoms with van der Waals surface area (Å²) in [5, 5.41) is 0.0511. The number of carbonyl (C=O) groups is 4. The third-order valence-corrected chi connectivity index (χ3v) is 5.64. The molecule has 1 heterocycles. The molecule has 0 fully saturated rings. The topological polar surface area (TPSA) is 129 Å². The van der Waals surface area contributed by atoms with Crippen molar-refractivity contribution in [2.45, 2.75) is 20.4 Å². The summed E-state index contributed by atoms with van der Waals surface area (Å²) < 4.78 is 5.82. The maximum absolute atomic E-state index is 12.3. The zero-order valence-electron chi connectivity index (χ0n) is 19.0. The Hall–Kier alpha value is -1.66. The molecule has 17 heteroatoms. The lowest BCUT2D eigenvalue weighted by atomic mass is 10.1. The summed E-state index contributed by atoms with van der Waals surface area (Å²) in [4.78, 5) is 58.9. The summed E-state index contributed by atoms with van der Waals surface area (Å²) in [6.07, 6.45) is 1.20. The normalized spacial score (nSPS) is 11.6. The summed E-state index contributed by atoms with van der Waals surface area (Å²) in [6.45, 7) is -1.10. The van der Waals surface area contributed by atoms with Crippen LogP contribution in [0.3, 0.4) is 0 Å². The van der Waals surface area contributed by atoms with Crippen LogP contribution in [0.15, 0.2) is 18.2 Å². The van der Waals surface area contributed by atoms with Gasteiger partial charge < -0.3 is 24.0 Å². The van der Waals surface area contributed by atoms with E-state index in [-0.39, 0.29) is 59.8 Å². The maximum Gasteiger partial charge on any atom is 0.325 e. The van der Waals surface area contributed by atoms with E-state index >= 15 is 0 Å². The Morgan fingerprint density at radius 2 is 1.29 bits per heavy atom. The van der Waals surface area contributed by atoms with Crippen molar-refractivity contribution in [3.63, 3.8) is 0 Å². The van der Waals surface area contributed by atoms with Crippen LogP contribution in [0.25, 0.3) is 11.4 Å². The van der Waals surface area contributed by atoms with Gasteiger partial charge >= 0.3 is 11.9 Å². The van der Waals surface area contributed by atoms with Crippen LogP contribution in [0, 0.1) is 0 Å². The lowest BCUT2D eigenvalue weighted by molar-refractivity contribution is -0.143. The van der Waals surface area contributed by atoms with Crippen molar-refractivity contribution < 1.29 is 28.7 Å². The van der Waals surface area contributed by atoms with Crippen molar-refractivity contribution in [3.05, 3.63) is 34.9 Å². The van der Waals surface area contributed by atoms with Crippen molar-refractivity contribution >= 4 is 111 Å². The number of carbonyl (C=O) groups excluding carboxylic acids is 4. The first kappa shape index (κ1) is 32.6. The van der Waals surface area contributed by atoms with Gasteiger partial charge in [-0.15, -0.1) is 0 Å². The van der Waals surface area contributed by atoms with Gasteiger partial charge in [0.15, 0.2) is 17.5 Å². The molecular weight excluding hydrogens is 652 g/mol. The Morgan fingerprint density at radius 3 is 1.68 bits per heavy atom. The molecule has 0 N–H and O–H groups in total. The van der Waals surface area contributed by atoms with Gasteiger partial charge in [-0.25, -0.2) is 15.0 Å². The Morgan fingerprint density at radius 1 is 0.816 bits per heavy atom. The predicted octanol–water partition coefficient (Wildman–Crippen LogP) is 4.92. The van der Waals surface area contributed by atoms with Gasteiger partial charge in [-0.05, 0) is 18.2 Å². The minimum Gasteiger partial charge on any atom is -0.464 e. The molecule has 1 aromatic carbocycles. The molecule has 0 atom stereocenters. The summed E-state index contributed by atoms with van der Waals surface area (Å²) in [7, 11) is 0. The highest BCUT2D eigenvalue weighted by Gasteiger charge is 2.34. The number of alkyl halides is 6. The largest absolute Gasteiger partial charge is 0.464 e. The highest BCUT2D eigenvalue weighted by atomic mass is 35.6. The zero-order chi connectivity index (χ0) is 28.5. The van der Waals surface area contributed by atoms with Gasteiger partial charge in [0.05, 0.1) is 23.9 Å². The smallest absolute Gasteiger partial charge is 0.325 e. The first-order valence-electron chi connectivity index (χ1n) is 10.4. The monoisotopic (exact) mass is 666 g/mol. The molecule has 0 saturated heterocycles. The van der Waals surface area contributed by atoms with E-state index in [2.05, 4.69) is 15.0 Å². The molecule has 0 radical (unpaired) electrons. The van der Waals surface area contributed by atoms with Crippen molar-refractivity contribution in [2.24, 2.45) is 0 Å². The summed E-state index contributed by atoms with van der Waals surface area (Å²) >= 11 is 42.0. The standard InChI is InChI=1S/C21H17Cl7N4O6/c22-13-9-12(17-29-18(20(23,24)25)31-19(30-17)21(26,27)28)3-4-14(13)32(10-15(35)37-7-1-5-33)11-16(36)38-8-2-6-34/h3-6,9H,1-2,7-8,10-11H2. The molecule has 0 unspecified atom stereocenters. The van der Waals surface area contributed by atoms with Crippen LogP contribution < -0.4 is 4.90 Å². The summed E-state index contributed by atoms with van der Waals surface area (Å²) in [5.74, 6) is -2.14. The molecule has 0 aliphatic rings. The quantitative estimate of drug-likeness (QED) is 0.133. The van der Waals surface area contributed by atoms with E-state index in [9.17, 15) is 19.2 Å². The van der Waals surface area contributed by atoms with Crippen LogP contribution in [-0.2, 0) is 36.2 Å². The first-order valence-corrected chi connectivity index (χ1v) is 13.0. The third kappa shape index (κ3) is 10.1. The van der Waals surface area contributed by atoms with Crippen LogP contribution in [0.4, 0.5) is 5.69 Å². The number of anilines is 1.